The Morgan fingerprint density at radius 3 is 2.71 bits per heavy atom. The largest absolute Gasteiger partial charge is 0.455 e. The van der Waals surface area contributed by atoms with Crippen LogP contribution in [0.1, 0.15) is 11.5 Å². The first-order valence-electron chi connectivity index (χ1n) is 9.03. The molecule has 11 heteroatoms. The summed E-state index contributed by atoms with van der Waals surface area (Å²) in [5.74, 6) is 0.103. The Morgan fingerprint density at radius 1 is 1.13 bits per heavy atom. The predicted octanol–water partition coefficient (Wildman–Crippen LogP) is 4.77. The van der Waals surface area contributed by atoms with Gasteiger partial charge in [0.2, 0.25) is 5.89 Å². The Hall–Kier alpha value is -2.88. The van der Waals surface area contributed by atoms with Crippen LogP contribution in [0, 0.1) is 6.92 Å². The van der Waals surface area contributed by atoms with Gasteiger partial charge in [-0.25, -0.2) is 0 Å². The molecule has 0 N–H and O–H groups in total. The molecule has 2 heterocycles. The zero-order chi connectivity index (χ0) is 21.8. The molecule has 0 fully saturated rings. The molecule has 0 bridgehead atoms. The minimum absolute atomic E-state index is 0.0382. The monoisotopic (exact) mass is 475 g/mol. The molecule has 2 aromatic carbocycles. The summed E-state index contributed by atoms with van der Waals surface area (Å²) in [5, 5.41) is 17.6. The number of ether oxygens (including phenoxy) is 1. The summed E-state index contributed by atoms with van der Waals surface area (Å²) in [5.41, 5.74) is 2.49. The third-order valence-electron chi connectivity index (χ3n) is 4.18. The highest BCUT2D eigenvalue weighted by Crippen LogP contribution is 2.24. The molecule has 158 valence electrons. The molecule has 0 saturated carbocycles. The molecule has 4 aromatic rings. The van der Waals surface area contributed by atoms with Gasteiger partial charge in [0.15, 0.2) is 11.8 Å². The molecule has 0 aliphatic heterocycles. The van der Waals surface area contributed by atoms with E-state index < -0.39 is 5.97 Å². The second kappa shape index (κ2) is 9.51. The van der Waals surface area contributed by atoms with E-state index in [2.05, 4.69) is 20.4 Å². The van der Waals surface area contributed by atoms with Gasteiger partial charge in [-0.15, -0.1) is 20.4 Å². The molecule has 0 atom stereocenters. The van der Waals surface area contributed by atoms with Gasteiger partial charge in [-0.05, 0) is 48.9 Å². The Kier molecular flexibility index (Phi) is 6.55. The molecule has 0 spiro atoms. The van der Waals surface area contributed by atoms with Gasteiger partial charge in [-0.3, -0.25) is 9.36 Å². The summed E-state index contributed by atoms with van der Waals surface area (Å²) in [7, 11) is 0. The van der Waals surface area contributed by atoms with Crippen molar-refractivity contribution in [1.29, 1.82) is 0 Å². The second-order valence-corrected chi connectivity index (χ2v) is 8.16. The number of esters is 1. The number of thioether (sulfide) groups is 1. The van der Waals surface area contributed by atoms with Gasteiger partial charge in [-0.2, -0.15) is 0 Å². The van der Waals surface area contributed by atoms with E-state index in [1.54, 1.807) is 35.2 Å². The first-order valence-corrected chi connectivity index (χ1v) is 10.8. The van der Waals surface area contributed by atoms with Gasteiger partial charge >= 0.3 is 5.97 Å². The highest BCUT2D eigenvalue weighted by molar-refractivity contribution is 7.99. The van der Waals surface area contributed by atoms with E-state index in [1.807, 2.05) is 25.1 Å². The average molecular weight is 476 g/mol. The van der Waals surface area contributed by atoms with Crippen LogP contribution in [0.2, 0.25) is 10.0 Å². The van der Waals surface area contributed by atoms with E-state index in [1.165, 1.54) is 11.8 Å². The zero-order valence-corrected chi connectivity index (χ0v) is 18.5. The fourth-order valence-corrected chi connectivity index (χ4v) is 3.59. The van der Waals surface area contributed by atoms with E-state index in [0.29, 0.717) is 21.1 Å². The van der Waals surface area contributed by atoms with E-state index in [-0.39, 0.29) is 18.3 Å². The SMILES string of the molecule is Cc1ccc(-n2cnnc2SCC(=O)OCc2nnc(-c3ccc(Cl)cc3)o2)cc1Cl. The maximum absolute atomic E-state index is 12.1. The van der Waals surface area contributed by atoms with Gasteiger partial charge in [-0.1, -0.05) is 41.0 Å². The third-order valence-corrected chi connectivity index (χ3v) is 5.76. The van der Waals surface area contributed by atoms with Gasteiger partial charge in [0, 0.05) is 15.6 Å². The van der Waals surface area contributed by atoms with Crippen molar-refractivity contribution in [2.75, 3.05) is 5.75 Å². The normalized spacial score (nSPS) is 10.9. The lowest BCUT2D eigenvalue weighted by Gasteiger charge is -2.07. The lowest BCUT2D eigenvalue weighted by molar-refractivity contribution is -0.142. The fraction of sp³-hybridized carbons (Fsp3) is 0.150. The minimum Gasteiger partial charge on any atom is -0.455 e. The topological polar surface area (TPSA) is 95.9 Å². The Morgan fingerprint density at radius 2 is 1.94 bits per heavy atom. The Balaban J connectivity index is 1.32. The Bertz CT molecular complexity index is 1210. The van der Waals surface area contributed by atoms with Crippen molar-refractivity contribution in [2.24, 2.45) is 0 Å². The smallest absolute Gasteiger partial charge is 0.316 e. The standard InChI is InChI=1S/C20H15Cl2N5O3S/c1-12-2-7-15(8-16(12)22)27-11-23-26-20(27)31-10-18(28)29-9-17-24-25-19(30-17)13-3-5-14(21)6-4-13/h2-8,11H,9-10H2,1H3. The third kappa shape index (κ3) is 5.25. The summed E-state index contributed by atoms with van der Waals surface area (Å²) in [6.07, 6.45) is 1.56. The molecule has 0 amide bonds. The molecule has 8 nitrogen and oxygen atoms in total. The van der Waals surface area contributed by atoms with Crippen LogP contribution in [0.25, 0.3) is 17.1 Å². The predicted molar refractivity (Wildman–Crippen MR) is 116 cm³/mol. The number of aryl methyl sites for hydroxylation is 1. The maximum atomic E-state index is 12.1. The van der Waals surface area contributed by atoms with Crippen molar-refractivity contribution in [2.45, 2.75) is 18.7 Å². The summed E-state index contributed by atoms with van der Waals surface area (Å²) in [6.45, 7) is 1.80. The quantitative estimate of drug-likeness (QED) is 0.278. The van der Waals surface area contributed by atoms with Crippen molar-refractivity contribution in [3.8, 4) is 17.1 Å². The number of benzene rings is 2. The summed E-state index contributed by atoms with van der Waals surface area (Å²) < 4.78 is 12.5. The number of rotatable bonds is 7. The van der Waals surface area contributed by atoms with Crippen molar-refractivity contribution < 1.29 is 13.9 Å². The Labute approximate surface area is 191 Å². The van der Waals surface area contributed by atoms with Crippen LogP contribution in [0.4, 0.5) is 0 Å². The molecule has 0 aliphatic rings. The van der Waals surface area contributed by atoms with Crippen LogP contribution in [0.15, 0.2) is 58.4 Å². The number of hydrogen-bond acceptors (Lipinski definition) is 8. The maximum Gasteiger partial charge on any atom is 0.316 e. The summed E-state index contributed by atoms with van der Waals surface area (Å²) in [6, 6.07) is 12.6. The van der Waals surface area contributed by atoms with Gasteiger partial charge in [0.25, 0.3) is 5.89 Å². The van der Waals surface area contributed by atoms with Crippen LogP contribution in [-0.2, 0) is 16.1 Å². The van der Waals surface area contributed by atoms with E-state index in [9.17, 15) is 4.79 Å². The molecular weight excluding hydrogens is 461 g/mol. The first kappa shape index (κ1) is 21.4. The van der Waals surface area contributed by atoms with E-state index in [4.69, 9.17) is 32.4 Å². The summed E-state index contributed by atoms with van der Waals surface area (Å²) >= 11 is 13.3. The number of carbonyl (C=O) groups excluding carboxylic acids is 1. The fourth-order valence-electron chi connectivity index (χ4n) is 2.56. The molecule has 4 rings (SSSR count). The second-order valence-electron chi connectivity index (χ2n) is 6.37. The van der Waals surface area contributed by atoms with E-state index >= 15 is 0 Å². The highest BCUT2D eigenvalue weighted by atomic mass is 35.5. The van der Waals surface area contributed by atoms with Crippen LogP contribution in [0.3, 0.4) is 0 Å². The molecule has 0 aliphatic carbocycles. The average Bonchev–Trinajstić information content (AvgIpc) is 3.43. The van der Waals surface area contributed by atoms with E-state index in [0.717, 1.165) is 16.8 Å². The van der Waals surface area contributed by atoms with Crippen molar-refractivity contribution in [3.05, 3.63) is 70.3 Å². The highest BCUT2D eigenvalue weighted by Gasteiger charge is 2.14. The first-order chi connectivity index (χ1) is 15.0. The van der Waals surface area contributed by atoms with Crippen molar-refractivity contribution in [1.82, 2.24) is 25.0 Å². The number of aromatic nitrogens is 5. The molecule has 31 heavy (non-hydrogen) atoms. The number of hydrogen-bond donors (Lipinski definition) is 0. The lowest BCUT2D eigenvalue weighted by Crippen LogP contribution is -2.08. The zero-order valence-electron chi connectivity index (χ0n) is 16.2. The van der Waals surface area contributed by atoms with Crippen molar-refractivity contribution >= 4 is 40.9 Å². The number of nitrogens with zero attached hydrogens (tertiary/aromatic N) is 5. The van der Waals surface area contributed by atoms with Crippen molar-refractivity contribution in [3.63, 3.8) is 0 Å². The number of carbonyl (C=O) groups is 1. The molecule has 2 aromatic heterocycles. The van der Waals surface area contributed by atoms with Gasteiger partial charge in [0.05, 0.1) is 11.4 Å². The minimum atomic E-state index is -0.451. The van der Waals surface area contributed by atoms with Crippen LogP contribution >= 0.6 is 35.0 Å². The molecule has 0 radical (unpaired) electrons. The van der Waals surface area contributed by atoms with Gasteiger partial charge in [0.1, 0.15) is 6.33 Å². The molecular formula is C20H15Cl2N5O3S. The summed E-state index contributed by atoms with van der Waals surface area (Å²) in [4.78, 5) is 12.1. The number of halogens is 2. The molecule has 0 unspecified atom stereocenters. The van der Waals surface area contributed by atoms with Crippen LogP contribution < -0.4 is 0 Å². The molecule has 0 saturated heterocycles. The van der Waals surface area contributed by atoms with Crippen LogP contribution in [-0.4, -0.2) is 36.7 Å². The van der Waals surface area contributed by atoms with Crippen LogP contribution in [0.5, 0.6) is 0 Å². The van der Waals surface area contributed by atoms with Gasteiger partial charge < -0.3 is 9.15 Å². The lowest BCUT2D eigenvalue weighted by atomic mass is 10.2.